The van der Waals surface area contributed by atoms with E-state index >= 15 is 0 Å². The monoisotopic (exact) mass is 384 g/mol. The van der Waals surface area contributed by atoms with Crippen LogP contribution in [0.1, 0.15) is 18.1 Å². The Hall–Kier alpha value is -2.84. The van der Waals surface area contributed by atoms with Gasteiger partial charge in [-0.1, -0.05) is 47.2 Å². The van der Waals surface area contributed by atoms with E-state index in [1.807, 2.05) is 37.4 Å². The maximum absolute atomic E-state index is 12.1. The number of ketones is 1. The van der Waals surface area contributed by atoms with Crippen molar-refractivity contribution in [1.82, 2.24) is 19.7 Å². The molecule has 140 valence electrons. The lowest BCUT2D eigenvalue weighted by molar-refractivity contribution is -0.115. The van der Waals surface area contributed by atoms with Gasteiger partial charge in [0, 0.05) is 5.56 Å². The fourth-order valence-electron chi connectivity index (χ4n) is 2.47. The lowest BCUT2D eigenvalue weighted by Gasteiger charge is -2.05. The fourth-order valence-corrected chi connectivity index (χ4v) is 3.53. The van der Waals surface area contributed by atoms with E-state index in [0.717, 1.165) is 11.1 Å². The zero-order valence-corrected chi connectivity index (χ0v) is 15.9. The first-order valence-electron chi connectivity index (χ1n) is 8.39. The molecule has 3 aromatic rings. The van der Waals surface area contributed by atoms with Gasteiger partial charge in [0.15, 0.2) is 0 Å². The average Bonchev–Trinajstić information content (AvgIpc) is 3.11. The molecule has 1 N–H and O–H groups in total. The molecule has 2 aromatic carbocycles. The first-order chi connectivity index (χ1) is 12.8. The van der Waals surface area contributed by atoms with Crippen molar-refractivity contribution < 1.29 is 13.2 Å². The second kappa shape index (κ2) is 7.81. The van der Waals surface area contributed by atoms with E-state index in [2.05, 4.69) is 15.0 Å². The number of aromatic nitrogens is 3. The number of nitrogens with zero attached hydrogens (tertiary/aromatic N) is 3. The zero-order valence-electron chi connectivity index (χ0n) is 15.1. The Morgan fingerprint density at radius 2 is 1.74 bits per heavy atom. The van der Waals surface area contributed by atoms with Crippen LogP contribution in [0.5, 0.6) is 0 Å². The highest BCUT2D eigenvalue weighted by Gasteiger charge is 2.15. The van der Waals surface area contributed by atoms with Crippen molar-refractivity contribution in [2.24, 2.45) is 0 Å². The quantitative estimate of drug-likeness (QED) is 0.674. The molecular formula is C19H20N4O3S. The number of nitrogens with one attached hydrogen (secondary N) is 1. The lowest BCUT2D eigenvalue weighted by atomic mass is 10.1. The third-order valence-corrected chi connectivity index (χ3v) is 5.39. The summed E-state index contributed by atoms with van der Waals surface area (Å²) in [5.74, 6) is -0.250. The SMILES string of the molecule is CC(=O)CNS(=O)(=O)c1ccc(-c2cn(Cc3ccc(C)cc3)nn2)cc1. The fraction of sp³-hybridized carbons (Fsp3) is 0.211. The summed E-state index contributed by atoms with van der Waals surface area (Å²) in [6.07, 6.45) is 1.82. The van der Waals surface area contributed by atoms with Crippen LogP contribution >= 0.6 is 0 Å². The number of Topliss-reactive ketones (excluding diaryl/α,β-unsaturated/α-hetero) is 1. The number of sulfonamides is 1. The van der Waals surface area contributed by atoms with E-state index in [-0.39, 0.29) is 17.2 Å². The van der Waals surface area contributed by atoms with Gasteiger partial charge in [0.1, 0.15) is 11.5 Å². The largest absolute Gasteiger partial charge is 0.299 e. The predicted molar refractivity (Wildman–Crippen MR) is 102 cm³/mol. The average molecular weight is 384 g/mol. The van der Waals surface area contributed by atoms with Crippen LogP contribution in [0.2, 0.25) is 0 Å². The molecule has 3 rings (SSSR count). The third kappa shape index (κ3) is 4.87. The van der Waals surface area contributed by atoms with Crippen molar-refractivity contribution >= 4 is 15.8 Å². The highest BCUT2D eigenvalue weighted by atomic mass is 32.2. The van der Waals surface area contributed by atoms with Crippen molar-refractivity contribution in [3.63, 3.8) is 0 Å². The zero-order chi connectivity index (χ0) is 19.4. The summed E-state index contributed by atoms with van der Waals surface area (Å²) in [5, 5.41) is 8.28. The molecule has 0 amide bonds. The van der Waals surface area contributed by atoms with E-state index in [4.69, 9.17) is 0 Å². The highest BCUT2D eigenvalue weighted by molar-refractivity contribution is 7.89. The number of hydrogen-bond donors (Lipinski definition) is 1. The van der Waals surface area contributed by atoms with Crippen LogP contribution in [0.15, 0.2) is 59.6 Å². The van der Waals surface area contributed by atoms with Crippen molar-refractivity contribution in [1.29, 1.82) is 0 Å². The van der Waals surface area contributed by atoms with Crippen LogP contribution < -0.4 is 4.72 Å². The molecule has 0 atom stereocenters. The third-order valence-electron chi connectivity index (χ3n) is 3.98. The first-order valence-corrected chi connectivity index (χ1v) is 9.87. The van der Waals surface area contributed by atoms with Crippen molar-refractivity contribution in [2.75, 3.05) is 6.54 Å². The van der Waals surface area contributed by atoms with Gasteiger partial charge >= 0.3 is 0 Å². The molecule has 8 heteroatoms. The molecule has 0 aliphatic rings. The summed E-state index contributed by atoms with van der Waals surface area (Å²) in [7, 11) is -3.71. The summed E-state index contributed by atoms with van der Waals surface area (Å²) in [6, 6.07) is 14.5. The van der Waals surface area contributed by atoms with Crippen LogP contribution in [0.3, 0.4) is 0 Å². The second-order valence-electron chi connectivity index (χ2n) is 6.34. The maximum atomic E-state index is 12.1. The number of benzene rings is 2. The number of aryl methyl sites for hydroxylation is 1. The summed E-state index contributed by atoms with van der Waals surface area (Å²) < 4.78 is 28.2. The van der Waals surface area contributed by atoms with E-state index in [9.17, 15) is 13.2 Å². The molecule has 0 bridgehead atoms. The summed E-state index contributed by atoms with van der Waals surface area (Å²) >= 11 is 0. The van der Waals surface area contributed by atoms with Gasteiger partial charge in [0.2, 0.25) is 10.0 Å². The molecule has 0 radical (unpaired) electrons. The standard InChI is InChI=1S/C19H20N4O3S/c1-14-3-5-16(6-4-14)12-23-13-19(21-22-23)17-7-9-18(10-8-17)27(25,26)20-11-15(2)24/h3-10,13,20H,11-12H2,1-2H3. The van der Waals surface area contributed by atoms with Crippen molar-refractivity contribution in [3.8, 4) is 11.3 Å². The maximum Gasteiger partial charge on any atom is 0.240 e. The van der Waals surface area contributed by atoms with E-state index in [1.54, 1.807) is 16.8 Å². The summed E-state index contributed by atoms with van der Waals surface area (Å²) in [4.78, 5) is 11.1. The smallest absolute Gasteiger partial charge is 0.240 e. The normalized spacial score (nSPS) is 11.5. The molecule has 0 saturated heterocycles. The Balaban J connectivity index is 1.73. The summed E-state index contributed by atoms with van der Waals surface area (Å²) in [6.45, 7) is 3.74. The second-order valence-corrected chi connectivity index (χ2v) is 8.10. The predicted octanol–water partition coefficient (Wildman–Crippen LogP) is 2.17. The van der Waals surface area contributed by atoms with Crippen LogP contribution in [-0.4, -0.2) is 35.7 Å². The van der Waals surface area contributed by atoms with Gasteiger partial charge in [-0.25, -0.2) is 17.8 Å². The van der Waals surface area contributed by atoms with Gasteiger partial charge in [0.25, 0.3) is 0 Å². The minimum Gasteiger partial charge on any atom is -0.299 e. The number of carbonyl (C=O) groups excluding carboxylic acids is 1. The van der Waals surface area contributed by atoms with Gasteiger partial charge in [-0.2, -0.15) is 0 Å². The van der Waals surface area contributed by atoms with E-state index in [1.165, 1.54) is 24.6 Å². The van der Waals surface area contributed by atoms with E-state index < -0.39 is 10.0 Å². The van der Waals surface area contributed by atoms with Crippen molar-refractivity contribution in [2.45, 2.75) is 25.3 Å². The molecule has 1 heterocycles. The Morgan fingerprint density at radius 3 is 2.37 bits per heavy atom. The van der Waals surface area contributed by atoms with Crippen LogP contribution in [0.25, 0.3) is 11.3 Å². The molecule has 0 aliphatic carbocycles. The number of hydrogen-bond acceptors (Lipinski definition) is 5. The van der Waals surface area contributed by atoms with Gasteiger partial charge in [0.05, 0.1) is 24.2 Å². The molecule has 0 fully saturated rings. The minimum atomic E-state index is -3.71. The first kappa shape index (κ1) is 18.9. The lowest BCUT2D eigenvalue weighted by Crippen LogP contribution is -2.28. The molecule has 0 aliphatic heterocycles. The molecule has 1 aromatic heterocycles. The molecule has 0 saturated carbocycles. The Morgan fingerprint density at radius 1 is 1.07 bits per heavy atom. The van der Waals surface area contributed by atoms with Crippen molar-refractivity contribution in [3.05, 3.63) is 65.9 Å². The Bertz CT molecular complexity index is 1040. The highest BCUT2D eigenvalue weighted by Crippen LogP contribution is 2.19. The Kier molecular flexibility index (Phi) is 5.48. The molecular weight excluding hydrogens is 364 g/mol. The molecule has 0 spiro atoms. The molecule has 27 heavy (non-hydrogen) atoms. The number of rotatable bonds is 7. The number of carbonyl (C=O) groups is 1. The van der Waals surface area contributed by atoms with Gasteiger partial charge < -0.3 is 0 Å². The van der Waals surface area contributed by atoms with Crippen LogP contribution in [0.4, 0.5) is 0 Å². The topological polar surface area (TPSA) is 94.0 Å². The van der Waals surface area contributed by atoms with Gasteiger partial charge in [-0.3, -0.25) is 4.79 Å². The Labute approximate surface area is 158 Å². The van der Waals surface area contributed by atoms with Gasteiger partial charge in [-0.15, -0.1) is 5.10 Å². The minimum absolute atomic E-state index is 0.0968. The molecule has 0 unspecified atom stereocenters. The van der Waals surface area contributed by atoms with Crippen LogP contribution in [0, 0.1) is 6.92 Å². The van der Waals surface area contributed by atoms with Crippen LogP contribution in [-0.2, 0) is 21.4 Å². The van der Waals surface area contributed by atoms with Gasteiger partial charge in [-0.05, 0) is 31.5 Å². The summed E-state index contributed by atoms with van der Waals surface area (Å²) in [5.41, 5.74) is 3.74. The molecule has 7 nitrogen and oxygen atoms in total. The van der Waals surface area contributed by atoms with E-state index in [0.29, 0.717) is 12.2 Å².